The normalized spacial score (nSPS) is 11.4. The van der Waals surface area contributed by atoms with Gasteiger partial charge in [0.05, 0.1) is 24.8 Å². The number of imidazole rings is 1. The topological polar surface area (TPSA) is 48.1 Å². The van der Waals surface area contributed by atoms with Crippen LogP contribution < -0.4 is 0 Å². The summed E-state index contributed by atoms with van der Waals surface area (Å²) in [7, 11) is 5.80. The van der Waals surface area contributed by atoms with Crippen molar-refractivity contribution >= 4 is 0 Å². The lowest BCUT2D eigenvalue weighted by atomic mass is 10.2. The second-order valence-electron chi connectivity index (χ2n) is 5.12. The summed E-state index contributed by atoms with van der Waals surface area (Å²) in [5.74, 6) is 0. The van der Waals surface area contributed by atoms with E-state index in [-0.39, 0.29) is 0 Å². The van der Waals surface area contributed by atoms with Gasteiger partial charge in [0.25, 0.3) is 0 Å². The van der Waals surface area contributed by atoms with E-state index in [1.54, 1.807) is 7.11 Å². The highest BCUT2D eigenvalue weighted by atomic mass is 16.5. The lowest BCUT2D eigenvalue weighted by Gasteiger charge is -2.17. The molecule has 0 saturated carbocycles. The lowest BCUT2D eigenvalue weighted by Crippen LogP contribution is -2.20. The lowest BCUT2D eigenvalue weighted by molar-refractivity contribution is 0.185. The van der Waals surface area contributed by atoms with Gasteiger partial charge in [-0.05, 0) is 14.0 Å². The standard InChI is InChI=1S/C14H23N5O/c1-12-13(7-16-18(12)3)9-17(2)10-14-8-15-11-19(14)5-6-20-4/h7-8,11H,5-6,9-10H2,1-4H3. The van der Waals surface area contributed by atoms with Crippen LogP contribution in [0.2, 0.25) is 0 Å². The highest BCUT2D eigenvalue weighted by Gasteiger charge is 2.10. The molecule has 0 spiro atoms. The monoisotopic (exact) mass is 277 g/mol. The zero-order valence-electron chi connectivity index (χ0n) is 12.7. The quantitative estimate of drug-likeness (QED) is 0.763. The molecule has 0 aliphatic heterocycles. The van der Waals surface area contributed by atoms with Gasteiger partial charge in [-0.2, -0.15) is 5.10 Å². The van der Waals surface area contributed by atoms with E-state index in [2.05, 4.69) is 33.5 Å². The summed E-state index contributed by atoms with van der Waals surface area (Å²) in [6, 6.07) is 0. The van der Waals surface area contributed by atoms with Crippen LogP contribution in [0.1, 0.15) is 17.0 Å². The minimum Gasteiger partial charge on any atom is -0.383 e. The highest BCUT2D eigenvalue weighted by Crippen LogP contribution is 2.11. The zero-order chi connectivity index (χ0) is 14.5. The Hall–Kier alpha value is -1.66. The SMILES string of the molecule is COCCn1cncc1CN(C)Cc1cnn(C)c1C. The van der Waals surface area contributed by atoms with Gasteiger partial charge in [-0.25, -0.2) is 4.98 Å². The maximum absolute atomic E-state index is 5.12. The van der Waals surface area contributed by atoms with E-state index in [1.807, 2.05) is 30.5 Å². The third-order valence-corrected chi connectivity index (χ3v) is 3.54. The smallest absolute Gasteiger partial charge is 0.0949 e. The first kappa shape index (κ1) is 14.7. The fraction of sp³-hybridized carbons (Fsp3) is 0.571. The van der Waals surface area contributed by atoms with Gasteiger partial charge in [0, 0.05) is 51.2 Å². The van der Waals surface area contributed by atoms with Crippen molar-refractivity contribution in [2.45, 2.75) is 26.6 Å². The fourth-order valence-electron chi connectivity index (χ4n) is 2.19. The number of hydrogen-bond acceptors (Lipinski definition) is 4. The van der Waals surface area contributed by atoms with Crippen LogP contribution in [0.15, 0.2) is 18.7 Å². The molecule has 0 atom stereocenters. The molecule has 2 aromatic heterocycles. The summed E-state index contributed by atoms with van der Waals surface area (Å²) in [4.78, 5) is 6.49. The molecule has 2 heterocycles. The highest BCUT2D eigenvalue weighted by molar-refractivity contribution is 5.15. The Bertz CT molecular complexity index is 546. The van der Waals surface area contributed by atoms with Gasteiger partial charge in [0.2, 0.25) is 0 Å². The van der Waals surface area contributed by atoms with E-state index in [1.165, 1.54) is 17.0 Å². The molecule has 20 heavy (non-hydrogen) atoms. The van der Waals surface area contributed by atoms with Crippen molar-refractivity contribution in [1.82, 2.24) is 24.2 Å². The van der Waals surface area contributed by atoms with Crippen molar-refractivity contribution in [2.75, 3.05) is 20.8 Å². The Labute approximate surface area is 120 Å². The average molecular weight is 277 g/mol. The second kappa shape index (κ2) is 6.67. The van der Waals surface area contributed by atoms with Crippen LogP contribution in [0.4, 0.5) is 0 Å². The molecule has 6 heteroatoms. The molecule has 2 aromatic rings. The third-order valence-electron chi connectivity index (χ3n) is 3.54. The molecular weight excluding hydrogens is 254 g/mol. The molecule has 0 saturated heterocycles. The maximum Gasteiger partial charge on any atom is 0.0949 e. The van der Waals surface area contributed by atoms with E-state index in [9.17, 15) is 0 Å². The van der Waals surface area contributed by atoms with E-state index in [0.717, 1.165) is 19.6 Å². The van der Waals surface area contributed by atoms with Crippen molar-refractivity contribution in [3.8, 4) is 0 Å². The van der Waals surface area contributed by atoms with Gasteiger partial charge in [-0.3, -0.25) is 9.58 Å². The minimum atomic E-state index is 0.703. The van der Waals surface area contributed by atoms with Gasteiger partial charge in [-0.15, -0.1) is 0 Å². The molecule has 0 N–H and O–H groups in total. The van der Waals surface area contributed by atoms with Crippen LogP contribution in [0.5, 0.6) is 0 Å². The molecule has 110 valence electrons. The maximum atomic E-state index is 5.12. The Morgan fingerprint density at radius 2 is 2.10 bits per heavy atom. The molecule has 0 amide bonds. The van der Waals surface area contributed by atoms with E-state index < -0.39 is 0 Å². The molecular formula is C14H23N5O. The Balaban J connectivity index is 1.96. The minimum absolute atomic E-state index is 0.703. The van der Waals surface area contributed by atoms with Crippen LogP contribution in [0.25, 0.3) is 0 Å². The van der Waals surface area contributed by atoms with Gasteiger partial charge in [0.1, 0.15) is 0 Å². The van der Waals surface area contributed by atoms with E-state index in [0.29, 0.717) is 6.61 Å². The van der Waals surface area contributed by atoms with E-state index in [4.69, 9.17) is 4.74 Å². The molecule has 0 aliphatic rings. The average Bonchev–Trinajstić information content (AvgIpc) is 2.98. The van der Waals surface area contributed by atoms with Crippen molar-refractivity contribution in [2.24, 2.45) is 7.05 Å². The van der Waals surface area contributed by atoms with Gasteiger partial charge in [0.15, 0.2) is 0 Å². The van der Waals surface area contributed by atoms with Crippen LogP contribution >= 0.6 is 0 Å². The molecule has 0 aliphatic carbocycles. The summed E-state index contributed by atoms with van der Waals surface area (Å²) in [5.41, 5.74) is 3.67. The summed E-state index contributed by atoms with van der Waals surface area (Å²) in [5, 5.41) is 4.28. The number of rotatable bonds is 7. The molecule has 6 nitrogen and oxygen atoms in total. The van der Waals surface area contributed by atoms with Crippen LogP contribution in [-0.2, 0) is 31.4 Å². The molecule has 0 radical (unpaired) electrons. The Kier molecular flexibility index (Phi) is 4.92. The Morgan fingerprint density at radius 1 is 1.30 bits per heavy atom. The number of methoxy groups -OCH3 is 1. The first-order chi connectivity index (χ1) is 9.61. The Morgan fingerprint density at radius 3 is 2.75 bits per heavy atom. The van der Waals surface area contributed by atoms with Gasteiger partial charge in [-0.1, -0.05) is 0 Å². The van der Waals surface area contributed by atoms with Crippen molar-refractivity contribution in [3.05, 3.63) is 35.7 Å². The fourth-order valence-corrected chi connectivity index (χ4v) is 2.19. The summed E-state index contributed by atoms with van der Waals surface area (Å²) < 4.78 is 9.16. The van der Waals surface area contributed by atoms with Gasteiger partial charge >= 0.3 is 0 Å². The van der Waals surface area contributed by atoms with Crippen molar-refractivity contribution < 1.29 is 4.74 Å². The summed E-state index contributed by atoms with van der Waals surface area (Å²) >= 11 is 0. The number of aromatic nitrogens is 4. The zero-order valence-corrected chi connectivity index (χ0v) is 12.7. The first-order valence-corrected chi connectivity index (χ1v) is 6.75. The molecule has 0 aromatic carbocycles. The number of nitrogens with zero attached hydrogens (tertiary/aromatic N) is 5. The third kappa shape index (κ3) is 3.46. The number of aryl methyl sites for hydroxylation is 1. The van der Waals surface area contributed by atoms with Crippen LogP contribution in [0.3, 0.4) is 0 Å². The largest absolute Gasteiger partial charge is 0.383 e. The van der Waals surface area contributed by atoms with Crippen LogP contribution in [-0.4, -0.2) is 45.0 Å². The van der Waals surface area contributed by atoms with Crippen molar-refractivity contribution in [3.63, 3.8) is 0 Å². The van der Waals surface area contributed by atoms with E-state index >= 15 is 0 Å². The molecule has 0 unspecified atom stereocenters. The molecule has 0 fully saturated rings. The number of hydrogen-bond donors (Lipinski definition) is 0. The van der Waals surface area contributed by atoms with Crippen LogP contribution in [0, 0.1) is 6.92 Å². The summed E-state index contributed by atoms with van der Waals surface area (Å²) in [6.45, 7) is 5.38. The van der Waals surface area contributed by atoms with Crippen molar-refractivity contribution in [1.29, 1.82) is 0 Å². The first-order valence-electron chi connectivity index (χ1n) is 6.75. The predicted octanol–water partition coefficient (Wildman–Crippen LogP) is 1.20. The molecule has 2 rings (SSSR count). The predicted molar refractivity (Wildman–Crippen MR) is 77.2 cm³/mol. The second-order valence-corrected chi connectivity index (χ2v) is 5.12. The van der Waals surface area contributed by atoms with Gasteiger partial charge < -0.3 is 9.30 Å². The summed E-state index contributed by atoms with van der Waals surface area (Å²) in [6.07, 6.45) is 5.72. The number of ether oxygens (including phenoxy) is 1. The molecule has 0 bridgehead atoms.